The molecule has 136 valence electrons. The lowest BCUT2D eigenvalue weighted by atomic mass is 10.1. The Labute approximate surface area is 151 Å². The van der Waals surface area contributed by atoms with Crippen LogP contribution in [0, 0.1) is 12.7 Å². The highest BCUT2D eigenvalue weighted by atomic mass is 19.1. The normalized spacial score (nSPS) is 14.8. The van der Waals surface area contributed by atoms with Crippen molar-refractivity contribution in [2.75, 3.05) is 26.2 Å². The van der Waals surface area contributed by atoms with Crippen LogP contribution in [-0.2, 0) is 0 Å². The first-order valence-corrected chi connectivity index (χ1v) is 8.60. The SMILES string of the molecule is Cc1ccc(O)c(C(=O)N2CCCN(C(=O)c3ccccc3F)CC2)c1. The molecular formula is C20H21FN2O3. The summed E-state index contributed by atoms with van der Waals surface area (Å²) in [4.78, 5) is 28.5. The first-order chi connectivity index (χ1) is 12.5. The number of halogens is 1. The minimum Gasteiger partial charge on any atom is -0.507 e. The highest BCUT2D eigenvalue weighted by Gasteiger charge is 2.25. The van der Waals surface area contributed by atoms with Gasteiger partial charge < -0.3 is 14.9 Å². The van der Waals surface area contributed by atoms with Gasteiger partial charge in [-0.15, -0.1) is 0 Å². The summed E-state index contributed by atoms with van der Waals surface area (Å²) in [5, 5.41) is 9.97. The Hall–Kier alpha value is -2.89. The van der Waals surface area contributed by atoms with E-state index in [1.54, 1.807) is 34.1 Å². The molecule has 26 heavy (non-hydrogen) atoms. The molecule has 0 saturated carbocycles. The molecular weight excluding hydrogens is 335 g/mol. The van der Waals surface area contributed by atoms with Gasteiger partial charge in [-0.2, -0.15) is 0 Å². The molecule has 0 atom stereocenters. The molecule has 3 rings (SSSR count). The molecule has 1 aliphatic rings. The molecule has 2 aromatic carbocycles. The average molecular weight is 356 g/mol. The molecule has 0 spiro atoms. The number of aryl methyl sites for hydroxylation is 1. The van der Waals surface area contributed by atoms with Crippen molar-refractivity contribution in [1.29, 1.82) is 0 Å². The highest BCUT2D eigenvalue weighted by Crippen LogP contribution is 2.21. The van der Waals surface area contributed by atoms with E-state index in [-0.39, 0.29) is 28.7 Å². The molecule has 6 heteroatoms. The summed E-state index contributed by atoms with van der Waals surface area (Å²) >= 11 is 0. The summed E-state index contributed by atoms with van der Waals surface area (Å²) in [5.74, 6) is -1.22. The molecule has 0 radical (unpaired) electrons. The quantitative estimate of drug-likeness (QED) is 0.900. The zero-order valence-electron chi connectivity index (χ0n) is 14.6. The molecule has 1 N–H and O–H groups in total. The largest absolute Gasteiger partial charge is 0.507 e. The number of aromatic hydroxyl groups is 1. The summed E-state index contributed by atoms with van der Waals surface area (Å²) < 4.78 is 13.9. The molecule has 5 nitrogen and oxygen atoms in total. The minimum absolute atomic E-state index is 0.0450. The van der Waals surface area contributed by atoms with Crippen LogP contribution < -0.4 is 0 Å². The minimum atomic E-state index is -0.542. The number of hydrogen-bond donors (Lipinski definition) is 1. The predicted molar refractivity (Wildman–Crippen MR) is 95.7 cm³/mol. The Morgan fingerprint density at radius 2 is 1.54 bits per heavy atom. The lowest BCUT2D eigenvalue weighted by Crippen LogP contribution is -2.37. The van der Waals surface area contributed by atoms with Gasteiger partial charge in [0.25, 0.3) is 11.8 Å². The second kappa shape index (κ2) is 7.56. The van der Waals surface area contributed by atoms with E-state index in [2.05, 4.69) is 0 Å². The van der Waals surface area contributed by atoms with Gasteiger partial charge in [-0.05, 0) is 37.6 Å². The molecule has 1 aliphatic heterocycles. The third-order valence-corrected chi connectivity index (χ3v) is 4.56. The zero-order valence-corrected chi connectivity index (χ0v) is 14.6. The van der Waals surface area contributed by atoms with Gasteiger partial charge in [-0.25, -0.2) is 4.39 Å². The topological polar surface area (TPSA) is 60.9 Å². The number of benzene rings is 2. The van der Waals surface area contributed by atoms with E-state index in [0.29, 0.717) is 32.6 Å². The predicted octanol–water partition coefficient (Wildman–Crippen LogP) is 2.83. The van der Waals surface area contributed by atoms with Crippen LogP contribution >= 0.6 is 0 Å². The highest BCUT2D eigenvalue weighted by molar-refractivity contribution is 5.97. The van der Waals surface area contributed by atoms with Crippen molar-refractivity contribution in [3.05, 3.63) is 65.0 Å². The molecule has 0 aliphatic carbocycles. The van der Waals surface area contributed by atoms with Crippen LogP contribution in [0.4, 0.5) is 4.39 Å². The third-order valence-electron chi connectivity index (χ3n) is 4.56. The number of carbonyl (C=O) groups is 2. The van der Waals surface area contributed by atoms with E-state index in [1.165, 1.54) is 18.2 Å². The van der Waals surface area contributed by atoms with Crippen LogP contribution in [0.5, 0.6) is 5.75 Å². The average Bonchev–Trinajstić information content (AvgIpc) is 2.89. The van der Waals surface area contributed by atoms with Gasteiger partial charge in [0, 0.05) is 26.2 Å². The van der Waals surface area contributed by atoms with Crippen molar-refractivity contribution in [2.45, 2.75) is 13.3 Å². The third kappa shape index (κ3) is 3.69. The van der Waals surface area contributed by atoms with Crippen molar-refractivity contribution < 1.29 is 19.1 Å². The van der Waals surface area contributed by atoms with Crippen molar-refractivity contribution in [3.63, 3.8) is 0 Å². The molecule has 2 amide bonds. The van der Waals surface area contributed by atoms with Crippen LogP contribution in [0.3, 0.4) is 0 Å². The Balaban J connectivity index is 1.72. The van der Waals surface area contributed by atoms with Crippen LogP contribution in [0.1, 0.15) is 32.7 Å². The standard InChI is InChI=1S/C20H21FN2O3/c1-14-7-8-18(24)16(13-14)20(26)23-10-4-9-22(11-12-23)19(25)15-5-2-3-6-17(15)21/h2-3,5-8,13,24H,4,9-12H2,1H3. The Kier molecular flexibility index (Phi) is 5.21. The number of phenolic OH excluding ortho intramolecular Hbond substituents is 1. The second-order valence-corrected chi connectivity index (χ2v) is 6.44. The van der Waals surface area contributed by atoms with E-state index in [0.717, 1.165) is 5.56 Å². The van der Waals surface area contributed by atoms with Crippen molar-refractivity contribution in [3.8, 4) is 5.75 Å². The van der Waals surface area contributed by atoms with Crippen LogP contribution in [0.15, 0.2) is 42.5 Å². The fourth-order valence-electron chi connectivity index (χ4n) is 3.12. The number of nitrogens with zero attached hydrogens (tertiary/aromatic N) is 2. The van der Waals surface area contributed by atoms with Gasteiger partial charge in [0.15, 0.2) is 0 Å². The summed E-state index contributed by atoms with van der Waals surface area (Å²) in [5.41, 5.74) is 1.19. The number of rotatable bonds is 2. The number of phenols is 1. The van der Waals surface area contributed by atoms with Gasteiger partial charge in [0.05, 0.1) is 11.1 Å². The van der Waals surface area contributed by atoms with E-state index in [9.17, 15) is 19.1 Å². The van der Waals surface area contributed by atoms with E-state index >= 15 is 0 Å². The fourth-order valence-corrected chi connectivity index (χ4v) is 3.12. The lowest BCUT2D eigenvalue weighted by Gasteiger charge is -2.23. The summed E-state index contributed by atoms with van der Waals surface area (Å²) in [6.07, 6.45) is 0.596. The van der Waals surface area contributed by atoms with Crippen LogP contribution in [-0.4, -0.2) is 52.9 Å². The smallest absolute Gasteiger partial charge is 0.257 e. The maximum Gasteiger partial charge on any atom is 0.257 e. The Morgan fingerprint density at radius 1 is 0.923 bits per heavy atom. The van der Waals surface area contributed by atoms with Gasteiger partial charge in [-0.1, -0.05) is 23.8 Å². The zero-order chi connectivity index (χ0) is 18.7. The number of hydrogen-bond acceptors (Lipinski definition) is 3. The molecule has 1 fully saturated rings. The van der Waals surface area contributed by atoms with Gasteiger partial charge in [0.2, 0.25) is 0 Å². The summed E-state index contributed by atoms with van der Waals surface area (Å²) in [7, 11) is 0. The van der Waals surface area contributed by atoms with Crippen LogP contribution in [0.2, 0.25) is 0 Å². The number of carbonyl (C=O) groups excluding carboxylic acids is 2. The molecule has 1 heterocycles. The van der Waals surface area contributed by atoms with Gasteiger partial charge in [0.1, 0.15) is 11.6 Å². The first-order valence-electron chi connectivity index (χ1n) is 8.60. The van der Waals surface area contributed by atoms with Gasteiger partial charge in [-0.3, -0.25) is 9.59 Å². The molecule has 2 aromatic rings. The number of amides is 2. The maximum atomic E-state index is 13.9. The summed E-state index contributed by atoms with van der Waals surface area (Å²) in [6.45, 7) is 3.45. The molecule has 1 saturated heterocycles. The fraction of sp³-hybridized carbons (Fsp3) is 0.300. The van der Waals surface area contributed by atoms with E-state index < -0.39 is 5.82 Å². The van der Waals surface area contributed by atoms with E-state index in [4.69, 9.17) is 0 Å². The first kappa shape index (κ1) is 17.9. The maximum absolute atomic E-state index is 13.9. The molecule has 0 aromatic heterocycles. The van der Waals surface area contributed by atoms with Gasteiger partial charge >= 0.3 is 0 Å². The summed E-state index contributed by atoms with van der Waals surface area (Å²) in [6, 6.07) is 10.8. The van der Waals surface area contributed by atoms with Crippen molar-refractivity contribution in [1.82, 2.24) is 9.80 Å². The Bertz CT molecular complexity index is 838. The molecule has 0 bridgehead atoms. The van der Waals surface area contributed by atoms with Crippen LogP contribution in [0.25, 0.3) is 0 Å². The second-order valence-electron chi connectivity index (χ2n) is 6.44. The van der Waals surface area contributed by atoms with Crippen molar-refractivity contribution >= 4 is 11.8 Å². The van der Waals surface area contributed by atoms with E-state index in [1.807, 2.05) is 6.92 Å². The lowest BCUT2D eigenvalue weighted by molar-refractivity contribution is 0.0714. The van der Waals surface area contributed by atoms with Crippen molar-refractivity contribution in [2.24, 2.45) is 0 Å². The Morgan fingerprint density at radius 3 is 2.19 bits per heavy atom. The molecule has 0 unspecified atom stereocenters. The monoisotopic (exact) mass is 356 g/mol.